The van der Waals surface area contributed by atoms with Crippen molar-refractivity contribution in [3.63, 3.8) is 0 Å². The lowest BCUT2D eigenvalue weighted by Crippen LogP contribution is -2.38. The molecular weight excluding hydrogens is 382 g/mol. The van der Waals surface area contributed by atoms with Gasteiger partial charge in [-0.1, -0.05) is 42.1 Å². The van der Waals surface area contributed by atoms with Gasteiger partial charge >= 0.3 is 6.09 Å². The van der Waals surface area contributed by atoms with Gasteiger partial charge in [0.15, 0.2) is 5.78 Å². The minimum absolute atomic E-state index is 0.0609. The number of benzene rings is 1. The van der Waals surface area contributed by atoms with Crippen LogP contribution in [0.3, 0.4) is 0 Å². The quantitative estimate of drug-likeness (QED) is 0.446. The van der Waals surface area contributed by atoms with Crippen LogP contribution in [0.5, 0.6) is 0 Å². The van der Waals surface area contributed by atoms with Gasteiger partial charge < -0.3 is 14.4 Å². The molecule has 0 aliphatic carbocycles. The lowest BCUT2D eigenvalue weighted by Gasteiger charge is -2.27. The molecule has 1 aromatic carbocycles. The van der Waals surface area contributed by atoms with E-state index in [1.54, 1.807) is 7.05 Å². The molecule has 0 aliphatic rings. The number of thioether (sulfide) groups is 1. The van der Waals surface area contributed by atoms with E-state index >= 15 is 0 Å². The maximum Gasteiger partial charge on any atom is 0.410 e. The molecule has 1 unspecified atom stereocenters. The van der Waals surface area contributed by atoms with Gasteiger partial charge in [-0.3, -0.25) is 4.79 Å². The highest BCUT2D eigenvalue weighted by Crippen LogP contribution is 2.22. The zero-order chi connectivity index (χ0) is 20.4. The van der Waals surface area contributed by atoms with Crippen molar-refractivity contribution in [1.82, 2.24) is 4.90 Å². The molecule has 0 saturated carbocycles. The number of Topliss-reactive ketones (excluding diaryl/α,β-unsaturated/α-hetero) is 1. The molecule has 0 spiro atoms. The van der Waals surface area contributed by atoms with Gasteiger partial charge in [-0.15, -0.1) is 0 Å². The molecule has 150 valence electrons. The Morgan fingerprint density at radius 2 is 1.85 bits per heavy atom. The van der Waals surface area contributed by atoms with E-state index in [1.165, 1.54) is 16.7 Å². The fourth-order valence-electron chi connectivity index (χ4n) is 2.26. The summed E-state index contributed by atoms with van der Waals surface area (Å²) in [7, 11) is 1.68. The Hall–Kier alpha value is -1.60. The molecule has 0 aromatic heterocycles. The zero-order valence-electron chi connectivity index (χ0n) is 16.7. The van der Waals surface area contributed by atoms with Crippen LogP contribution in [0.25, 0.3) is 0 Å². The SMILES string of the molecule is CCOC(=S)SC(CCC(=O)c1ccccc1)CN(C)C(=O)OC(C)(C)C. The third-order valence-corrected chi connectivity index (χ3v) is 4.93. The Labute approximate surface area is 171 Å². The van der Waals surface area contributed by atoms with E-state index in [9.17, 15) is 9.59 Å². The van der Waals surface area contributed by atoms with Crippen LogP contribution in [-0.4, -0.2) is 52.2 Å². The molecule has 7 heteroatoms. The number of ether oxygens (including phenoxy) is 2. The van der Waals surface area contributed by atoms with E-state index in [4.69, 9.17) is 21.7 Å². The molecule has 0 heterocycles. The number of hydrogen-bond donors (Lipinski definition) is 0. The molecule has 0 bridgehead atoms. The van der Waals surface area contributed by atoms with E-state index < -0.39 is 11.7 Å². The van der Waals surface area contributed by atoms with Gasteiger partial charge in [0.1, 0.15) is 5.60 Å². The van der Waals surface area contributed by atoms with Crippen molar-refractivity contribution in [3.05, 3.63) is 35.9 Å². The lowest BCUT2D eigenvalue weighted by molar-refractivity contribution is 0.0299. The summed E-state index contributed by atoms with van der Waals surface area (Å²) >= 11 is 6.61. The number of amides is 1. The number of hydrogen-bond acceptors (Lipinski definition) is 6. The van der Waals surface area contributed by atoms with Crippen molar-refractivity contribution >= 4 is 40.2 Å². The van der Waals surface area contributed by atoms with Crippen LogP contribution >= 0.6 is 24.0 Å². The summed E-state index contributed by atoms with van der Waals surface area (Å²) in [6.45, 7) is 8.25. The highest BCUT2D eigenvalue weighted by molar-refractivity contribution is 8.23. The Morgan fingerprint density at radius 3 is 2.41 bits per heavy atom. The summed E-state index contributed by atoms with van der Waals surface area (Å²) < 4.78 is 11.2. The maximum absolute atomic E-state index is 12.4. The van der Waals surface area contributed by atoms with Gasteiger partial charge in [-0.2, -0.15) is 0 Å². The summed E-state index contributed by atoms with van der Waals surface area (Å²) in [5, 5.41) is -0.0609. The highest BCUT2D eigenvalue weighted by atomic mass is 32.2. The smallest absolute Gasteiger partial charge is 0.410 e. The fraction of sp³-hybridized carbons (Fsp3) is 0.550. The first-order chi connectivity index (χ1) is 12.6. The van der Waals surface area contributed by atoms with Crippen molar-refractivity contribution in [1.29, 1.82) is 0 Å². The van der Waals surface area contributed by atoms with Gasteiger partial charge in [0.05, 0.1) is 6.61 Å². The third-order valence-electron chi connectivity index (χ3n) is 3.50. The van der Waals surface area contributed by atoms with Crippen molar-refractivity contribution in [3.8, 4) is 0 Å². The Bertz CT molecular complexity index is 629. The summed E-state index contributed by atoms with van der Waals surface area (Å²) in [6, 6.07) is 9.19. The summed E-state index contributed by atoms with van der Waals surface area (Å²) in [5.41, 5.74) is 0.131. The van der Waals surface area contributed by atoms with E-state index in [1.807, 2.05) is 58.0 Å². The monoisotopic (exact) mass is 411 g/mol. The second-order valence-corrected chi connectivity index (χ2v) is 9.01. The van der Waals surface area contributed by atoms with Crippen LogP contribution in [0.1, 0.15) is 50.9 Å². The van der Waals surface area contributed by atoms with Gasteiger partial charge in [0.2, 0.25) is 4.38 Å². The molecule has 5 nitrogen and oxygen atoms in total. The zero-order valence-corrected chi connectivity index (χ0v) is 18.3. The van der Waals surface area contributed by atoms with Crippen LogP contribution in [0.2, 0.25) is 0 Å². The molecule has 0 saturated heterocycles. The number of carbonyl (C=O) groups is 2. The molecule has 1 aromatic rings. The lowest BCUT2D eigenvalue weighted by atomic mass is 10.1. The summed E-state index contributed by atoms with van der Waals surface area (Å²) in [5.74, 6) is 0.0726. The van der Waals surface area contributed by atoms with Crippen LogP contribution in [0.15, 0.2) is 30.3 Å². The van der Waals surface area contributed by atoms with Crippen LogP contribution in [0, 0.1) is 0 Å². The van der Waals surface area contributed by atoms with Crippen molar-refractivity contribution < 1.29 is 19.1 Å². The molecule has 0 aliphatic heterocycles. The molecule has 0 fully saturated rings. The van der Waals surface area contributed by atoms with Gasteiger partial charge in [-0.25, -0.2) is 4.79 Å². The maximum atomic E-state index is 12.4. The average Bonchev–Trinajstić information content (AvgIpc) is 2.58. The van der Waals surface area contributed by atoms with E-state index in [2.05, 4.69) is 0 Å². The number of nitrogens with zero attached hydrogens (tertiary/aromatic N) is 1. The first kappa shape index (κ1) is 23.4. The molecule has 1 rings (SSSR count). The predicted molar refractivity (Wildman–Crippen MR) is 114 cm³/mol. The molecular formula is C20H29NO4S2. The fourth-order valence-corrected chi connectivity index (χ4v) is 3.77. The number of ketones is 1. The minimum atomic E-state index is -0.558. The van der Waals surface area contributed by atoms with Gasteiger partial charge in [-0.05, 0) is 46.3 Å². The number of carbonyl (C=O) groups excluding carboxylic acids is 2. The summed E-state index contributed by atoms with van der Waals surface area (Å²) in [6.07, 6.45) is 0.557. The molecule has 1 atom stereocenters. The normalized spacial score (nSPS) is 12.2. The Balaban J connectivity index is 2.70. The van der Waals surface area contributed by atoms with Crippen LogP contribution in [0.4, 0.5) is 4.79 Å². The standard InChI is InChI=1S/C20H29NO4S2/c1-6-24-19(26)27-16(14-21(5)18(23)25-20(2,3)4)12-13-17(22)15-10-8-7-9-11-15/h7-11,16H,6,12-14H2,1-5H3. The topological polar surface area (TPSA) is 55.8 Å². The first-order valence-corrected chi connectivity index (χ1v) is 10.3. The predicted octanol–water partition coefficient (Wildman–Crippen LogP) is 4.94. The Kier molecular flexibility index (Phi) is 9.80. The molecule has 0 radical (unpaired) electrons. The van der Waals surface area contributed by atoms with Gasteiger partial charge in [0.25, 0.3) is 0 Å². The molecule has 27 heavy (non-hydrogen) atoms. The second kappa shape index (κ2) is 11.3. The van der Waals surface area contributed by atoms with Gasteiger partial charge in [0, 0.05) is 30.8 Å². The Morgan fingerprint density at radius 1 is 1.22 bits per heavy atom. The second-order valence-electron chi connectivity index (χ2n) is 7.11. The average molecular weight is 412 g/mol. The number of rotatable bonds is 8. The summed E-state index contributed by atoms with van der Waals surface area (Å²) in [4.78, 5) is 26.1. The largest absolute Gasteiger partial charge is 0.479 e. The van der Waals surface area contributed by atoms with E-state index in [0.29, 0.717) is 35.9 Å². The van der Waals surface area contributed by atoms with Crippen molar-refractivity contribution in [2.45, 2.75) is 51.4 Å². The van der Waals surface area contributed by atoms with Crippen molar-refractivity contribution in [2.24, 2.45) is 0 Å². The third kappa shape index (κ3) is 9.77. The van der Waals surface area contributed by atoms with Crippen molar-refractivity contribution in [2.75, 3.05) is 20.2 Å². The molecule has 1 amide bonds. The van der Waals surface area contributed by atoms with Crippen LogP contribution < -0.4 is 0 Å². The minimum Gasteiger partial charge on any atom is -0.479 e. The molecule has 0 N–H and O–H groups in total. The van der Waals surface area contributed by atoms with Crippen LogP contribution in [-0.2, 0) is 9.47 Å². The first-order valence-electron chi connectivity index (χ1n) is 8.98. The van der Waals surface area contributed by atoms with E-state index in [-0.39, 0.29) is 11.0 Å². The van der Waals surface area contributed by atoms with E-state index in [0.717, 1.165) is 0 Å². The number of thiocarbonyl (C=S) groups is 1. The highest BCUT2D eigenvalue weighted by Gasteiger charge is 2.24.